The lowest BCUT2D eigenvalue weighted by Gasteiger charge is -2.36. The van der Waals surface area contributed by atoms with Crippen molar-refractivity contribution in [1.29, 1.82) is 0 Å². The first-order valence-corrected chi connectivity index (χ1v) is 13.1. The number of hydrogen-bond donors (Lipinski definition) is 1. The number of piperidine rings is 1. The van der Waals surface area contributed by atoms with Gasteiger partial charge in [-0.2, -0.15) is 0 Å². The predicted octanol–water partition coefficient (Wildman–Crippen LogP) is 5.23. The average molecular weight is 485 g/mol. The van der Waals surface area contributed by atoms with Crippen molar-refractivity contribution >= 4 is 11.7 Å². The number of nitrogens with two attached hydrogens (primary N) is 1. The summed E-state index contributed by atoms with van der Waals surface area (Å²) in [7, 11) is 0. The summed E-state index contributed by atoms with van der Waals surface area (Å²) in [4.78, 5) is 22.1. The summed E-state index contributed by atoms with van der Waals surface area (Å²) in [5.41, 5.74) is 12.2. The Morgan fingerprint density at radius 2 is 1.61 bits per heavy atom. The zero-order valence-corrected chi connectivity index (χ0v) is 21.4. The van der Waals surface area contributed by atoms with Crippen LogP contribution in [0.15, 0.2) is 54.7 Å². The second-order valence-electron chi connectivity index (χ2n) is 10.2. The fourth-order valence-electron chi connectivity index (χ4n) is 5.57. The minimum absolute atomic E-state index is 0.120. The Morgan fingerprint density at radius 1 is 0.944 bits per heavy atom. The molecule has 0 bridgehead atoms. The molecular weight excluding hydrogens is 448 g/mol. The topological polar surface area (TPSA) is 71.7 Å². The fourth-order valence-corrected chi connectivity index (χ4v) is 5.57. The number of aromatic nitrogens is 1. The van der Waals surface area contributed by atoms with Crippen LogP contribution in [0.2, 0.25) is 0 Å². The van der Waals surface area contributed by atoms with E-state index >= 15 is 0 Å². The van der Waals surface area contributed by atoms with Crippen LogP contribution >= 0.6 is 0 Å². The second kappa shape index (κ2) is 10.7. The normalized spacial score (nSPS) is 16.9. The highest BCUT2D eigenvalue weighted by Gasteiger charge is 2.28. The van der Waals surface area contributed by atoms with Crippen LogP contribution in [0.25, 0.3) is 11.1 Å². The zero-order chi connectivity index (χ0) is 25.1. The van der Waals surface area contributed by atoms with Gasteiger partial charge in [0.05, 0.1) is 0 Å². The number of likely N-dealkylation sites (tertiary alicyclic amines) is 2. The van der Waals surface area contributed by atoms with Crippen molar-refractivity contribution in [2.45, 2.75) is 52.2 Å². The molecule has 0 unspecified atom stereocenters. The van der Waals surface area contributed by atoms with Crippen LogP contribution < -0.4 is 10.5 Å². The SMILES string of the molecule is Cc1cc(C)cc(COc2cc(-c3ccc(C(=O)N4CCC(N5CCCC5)CC4)cc3)cnc2N)c1. The molecule has 2 fully saturated rings. The first-order chi connectivity index (χ1) is 17.5. The number of ether oxygens (including phenoxy) is 1. The molecule has 2 aliphatic heterocycles. The quantitative estimate of drug-likeness (QED) is 0.519. The second-order valence-corrected chi connectivity index (χ2v) is 10.2. The molecular formula is C30H36N4O2. The Bertz CT molecular complexity index is 1190. The third-order valence-corrected chi connectivity index (χ3v) is 7.43. The van der Waals surface area contributed by atoms with E-state index < -0.39 is 0 Å². The number of benzene rings is 2. The lowest BCUT2D eigenvalue weighted by atomic mass is 10.0. The van der Waals surface area contributed by atoms with Crippen molar-refractivity contribution in [1.82, 2.24) is 14.8 Å². The number of amides is 1. The fraction of sp³-hybridized carbons (Fsp3) is 0.400. The third-order valence-electron chi connectivity index (χ3n) is 7.43. The van der Waals surface area contributed by atoms with Crippen molar-refractivity contribution in [3.63, 3.8) is 0 Å². The summed E-state index contributed by atoms with van der Waals surface area (Å²) in [5, 5.41) is 0. The van der Waals surface area contributed by atoms with Gasteiger partial charge in [-0.25, -0.2) is 4.98 Å². The van der Waals surface area contributed by atoms with E-state index in [-0.39, 0.29) is 5.91 Å². The van der Waals surface area contributed by atoms with E-state index in [4.69, 9.17) is 10.5 Å². The summed E-state index contributed by atoms with van der Waals surface area (Å²) in [6.07, 6.45) is 6.53. The van der Waals surface area contributed by atoms with E-state index in [1.54, 1.807) is 6.20 Å². The van der Waals surface area contributed by atoms with E-state index in [0.29, 0.717) is 24.2 Å². The molecule has 1 aromatic heterocycles. The van der Waals surface area contributed by atoms with Gasteiger partial charge in [0.15, 0.2) is 11.6 Å². The number of carbonyl (C=O) groups excluding carboxylic acids is 1. The molecule has 3 heterocycles. The molecule has 0 saturated carbocycles. The van der Waals surface area contributed by atoms with Gasteiger partial charge in [-0.15, -0.1) is 0 Å². The number of rotatable bonds is 6. The molecule has 2 saturated heterocycles. The molecule has 2 aromatic carbocycles. The summed E-state index contributed by atoms with van der Waals surface area (Å²) in [6, 6.07) is 16.7. The van der Waals surface area contributed by atoms with Crippen LogP contribution in [0.4, 0.5) is 5.82 Å². The minimum Gasteiger partial charge on any atom is -0.485 e. The Balaban J connectivity index is 1.22. The smallest absolute Gasteiger partial charge is 0.253 e. The summed E-state index contributed by atoms with van der Waals surface area (Å²) >= 11 is 0. The van der Waals surface area contributed by atoms with Gasteiger partial charge in [0, 0.05) is 36.5 Å². The Hall–Kier alpha value is -3.38. The van der Waals surface area contributed by atoms with Crippen molar-refractivity contribution in [2.75, 3.05) is 31.9 Å². The molecule has 0 aliphatic carbocycles. The molecule has 0 radical (unpaired) electrons. The summed E-state index contributed by atoms with van der Waals surface area (Å²) in [6.45, 7) is 8.71. The van der Waals surface area contributed by atoms with Crippen molar-refractivity contribution in [3.8, 4) is 16.9 Å². The molecule has 2 N–H and O–H groups in total. The van der Waals surface area contributed by atoms with E-state index in [9.17, 15) is 4.79 Å². The Kier molecular flexibility index (Phi) is 7.23. The Morgan fingerprint density at radius 3 is 2.28 bits per heavy atom. The molecule has 6 nitrogen and oxygen atoms in total. The van der Waals surface area contributed by atoms with Crippen LogP contribution in [-0.4, -0.2) is 52.9 Å². The molecule has 6 heteroatoms. The maximum Gasteiger partial charge on any atom is 0.253 e. The van der Waals surface area contributed by atoms with Crippen molar-refractivity contribution < 1.29 is 9.53 Å². The van der Waals surface area contributed by atoms with Crippen LogP contribution in [0, 0.1) is 13.8 Å². The summed E-state index contributed by atoms with van der Waals surface area (Å²) < 4.78 is 6.03. The average Bonchev–Trinajstić information content (AvgIpc) is 3.43. The third kappa shape index (κ3) is 5.54. The van der Waals surface area contributed by atoms with E-state index in [2.05, 4.69) is 41.9 Å². The highest BCUT2D eigenvalue weighted by molar-refractivity contribution is 5.94. The first-order valence-electron chi connectivity index (χ1n) is 13.1. The van der Waals surface area contributed by atoms with E-state index in [1.807, 2.05) is 35.2 Å². The van der Waals surface area contributed by atoms with Crippen molar-refractivity contribution in [3.05, 3.63) is 77.0 Å². The first kappa shape index (κ1) is 24.3. The highest BCUT2D eigenvalue weighted by atomic mass is 16.5. The predicted molar refractivity (Wildman–Crippen MR) is 144 cm³/mol. The van der Waals surface area contributed by atoms with Crippen LogP contribution in [0.5, 0.6) is 5.75 Å². The lowest BCUT2D eigenvalue weighted by molar-refractivity contribution is 0.0644. The Labute approximate surface area is 214 Å². The van der Waals surface area contributed by atoms with Gasteiger partial charge in [-0.3, -0.25) is 4.79 Å². The van der Waals surface area contributed by atoms with Crippen LogP contribution in [0.3, 0.4) is 0 Å². The largest absolute Gasteiger partial charge is 0.485 e. The maximum absolute atomic E-state index is 13.1. The number of anilines is 1. The number of aryl methyl sites for hydroxylation is 2. The zero-order valence-electron chi connectivity index (χ0n) is 21.4. The summed E-state index contributed by atoms with van der Waals surface area (Å²) in [5.74, 6) is 1.05. The van der Waals surface area contributed by atoms with Gasteiger partial charge < -0.3 is 20.3 Å². The molecule has 188 valence electrons. The molecule has 36 heavy (non-hydrogen) atoms. The number of nitrogen functional groups attached to an aromatic ring is 1. The number of carbonyl (C=O) groups is 1. The standard InChI is InChI=1S/C30H36N4O2/c1-21-15-22(2)17-23(16-21)20-36-28-18-26(19-32-29(28)31)24-5-7-25(8-6-24)30(35)34-13-9-27(10-14-34)33-11-3-4-12-33/h5-8,15-19,27H,3-4,9-14,20H2,1-2H3,(H2,31,32). The van der Waals surface area contributed by atoms with E-state index in [0.717, 1.165) is 48.2 Å². The molecule has 0 atom stereocenters. The van der Waals surface area contributed by atoms with Crippen LogP contribution in [-0.2, 0) is 6.61 Å². The van der Waals surface area contributed by atoms with Gasteiger partial charge in [-0.05, 0) is 81.9 Å². The molecule has 5 rings (SSSR count). The molecule has 1 amide bonds. The van der Waals surface area contributed by atoms with Gasteiger partial charge in [0.2, 0.25) is 0 Å². The molecule has 2 aliphatic rings. The van der Waals surface area contributed by atoms with Gasteiger partial charge in [0.1, 0.15) is 6.61 Å². The molecule has 0 spiro atoms. The van der Waals surface area contributed by atoms with Crippen molar-refractivity contribution in [2.24, 2.45) is 0 Å². The number of pyridine rings is 1. The number of hydrogen-bond acceptors (Lipinski definition) is 5. The molecule has 3 aromatic rings. The number of nitrogens with zero attached hydrogens (tertiary/aromatic N) is 3. The maximum atomic E-state index is 13.1. The van der Waals surface area contributed by atoms with Crippen LogP contribution in [0.1, 0.15) is 52.7 Å². The van der Waals surface area contributed by atoms with Gasteiger partial charge in [0.25, 0.3) is 5.91 Å². The van der Waals surface area contributed by atoms with Gasteiger partial charge in [-0.1, -0.05) is 41.5 Å². The monoisotopic (exact) mass is 484 g/mol. The lowest BCUT2D eigenvalue weighted by Crippen LogP contribution is -2.45. The highest BCUT2D eigenvalue weighted by Crippen LogP contribution is 2.29. The van der Waals surface area contributed by atoms with E-state index in [1.165, 1.54) is 37.1 Å². The minimum atomic E-state index is 0.120. The van der Waals surface area contributed by atoms with Gasteiger partial charge >= 0.3 is 0 Å².